The molecular weight excluding hydrogens is 384 g/mol. The first-order valence-electron chi connectivity index (χ1n) is 9.72. The first kappa shape index (κ1) is 21.1. The van der Waals surface area contributed by atoms with Gasteiger partial charge in [0.1, 0.15) is 0 Å². The van der Waals surface area contributed by atoms with Gasteiger partial charge in [0.05, 0.1) is 28.9 Å². The van der Waals surface area contributed by atoms with Gasteiger partial charge in [0.25, 0.3) is 0 Å². The van der Waals surface area contributed by atoms with Crippen LogP contribution in [0.15, 0.2) is 41.4 Å². The SMILES string of the molecule is CCN1c2cc(Cl)c(C=Nc3cccc(C(=O)OC)c3C)cc2C(C)=CC1(C)C. The Morgan fingerprint density at radius 1 is 1.28 bits per heavy atom. The molecule has 0 saturated carbocycles. The molecule has 2 aromatic carbocycles. The number of fused-ring (bicyclic) bond motifs is 1. The fourth-order valence-electron chi connectivity index (χ4n) is 4.02. The van der Waals surface area contributed by atoms with Crippen LogP contribution in [-0.4, -0.2) is 31.4 Å². The Kier molecular flexibility index (Phi) is 5.85. The van der Waals surface area contributed by atoms with E-state index in [-0.39, 0.29) is 11.5 Å². The monoisotopic (exact) mass is 410 g/mol. The maximum atomic E-state index is 11.9. The van der Waals surface area contributed by atoms with Gasteiger partial charge in [-0.25, -0.2) is 4.79 Å². The van der Waals surface area contributed by atoms with Crippen LogP contribution in [-0.2, 0) is 4.74 Å². The molecule has 0 spiro atoms. The van der Waals surface area contributed by atoms with Crippen LogP contribution in [0.1, 0.15) is 54.7 Å². The van der Waals surface area contributed by atoms with Crippen LogP contribution < -0.4 is 4.90 Å². The smallest absolute Gasteiger partial charge is 0.338 e. The van der Waals surface area contributed by atoms with E-state index in [2.05, 4.69) is 49.7 Å². The lowest BCUT2D eigenvalue weighted by Crippen LogP contribution is -2.44. The van der Waals surface area contributed by atoms with E-state index in [4.69, 9.17) is 16.3 Å². The quantitative estimate of drug-likeness (QED) is 0.444. The second kappa shape index (κ2) is 8.03. The van der Waals surface area contributed by atoms with Gasteiger partial charge < -0.3 is 9.64 Å². The Bertz CT molecular complexity index is 1020. The van der Waals surface area contributed by atoms with Gasteiger partial charge in [0, 0.05) is 29.6 Å². The number of likely N-dealkylation sites (N-methyl/N-ethyl adjacent to an activating group) is 1. The van der Waals surface area contributed by atoms with Crippen LogP contribution in [0.3, 0.4) is 0 Å². The molecule has 0 radical (unpaired) electrons. The summed E-state index contributed by atoms with van der Waals surface area (Å²) in [7, 11) is 1.38. The van der Waals surface area contributed by atoms with Gasteiger partial charge in [-0.3, -0.25) is 4.99 Å². The number of esters is 1. The van der Waals surface area contributed by atoms with Gasteiger partial charge in [0.15, 0.2) is 0 Å². The molecule has 0 amide bonds. The molecule has 5 heteroatoms. The number of halogens is 1. The van der Waals surface area contributed by atoms with Crippen molar-refractivity contribution >= 4 is 40.7 Å². The van der Waals surface area contributed by atoms with Gasteiger partial charge in [0.2, 0.25) is 0 Å². The Hall–Kier alpha value is -2.59. The topological polar surface area (TPSA) is 41.9 Å². The third-order valence-corrected chi connectivity index (χ3v) is 5.79. The van der Waals surface area contributed by atoms with E-state index in [0.29, 0.717) is 16.3 Å². The molecule has 0 N–H and O–H groups in total. The maximum absolute atomic E-state index is 11.9. The molecule has 0 atom stereocenters. The van der Waals surface area contributed by atoms with Gasteiger partial charge in [-0.05, 0) is 70.0 Å². The average Bonchev–Trinajstić information content (AvgIpc) is 2.66. The van der Waals surface area contributed by atoms with Crippen LogP contribution in [0.2, 0.25) is 5.02 Å². The van der Waals surface area contributed by atoms with E-state index in [1.807, 2.05) is 19.1 Å². The van der Waals surface area contributed by atoms with Crippen LogP contribution in [0.25, 0.3) is 5.57 Å². The summed E-state index contributed by atoms with van der Waals surface area (Å²) in [5.41, 5.74) is 6.32. The lowest BCUT2D eigenvalue weighted by atomic mass is 9.88. The van der Waals surface area contributed by atoms with E-state index < -0.39 is 0 Å². The molecule has 1 aliphatic heterocycles. The van der Waals surface area contributed by atoms with E-state index >= 15 is 0 Å². The lowest BCUT2D eigenvalue weighted by molar-refractivity contribution is 0.0600. The maximum Gasteiger partial charge on any atom is 0.338 e. The molecule has 3 rings (SSSR count). The fourth-order valence-corrected chi connectivity index (χ4v) is 4.23. The normalized spacial score (nSPS) is 15.3. The minimum atomic E-state index is -0.366. The number of allylic oxidation sites excluding steroid dienone is 1. The second-order valence-electron chi connectivity index (χ2n) is 7.82. The van der Waals surface area contributed by atoms with Crippen molar-refractivity contribution in [2.75, 3.05) is 18.6 Å². The van der Waals surface area contributed by atoms with Crippen LogP contribution in [0, 0.1) is 6.92 Å². The van der Waals surface area contributed by atoms with E-state index in [9.17, 15) is 4.79 Å². The van der Waals surface area contributed by atoms with Gasteiger partial charge in [-0.1, -0.05) is 23.7 Å². The fraction of sp³-hybridized carbons (Fsp3) is 0.333. The van der Waals surface area contributed by atoms with Crippen molar-refractivity contribution in [3.05, 3.63) is 63.7 Å². The summed E-state index contributed by atoms with van der Waals surface area (Å²) >= 11 is 6.62. The number of hydrogen-bond acceptors (Lipinski definition) is 4. The Labute approximate surface area is 177 Å². The molecule has 0 unspecified atom stereocenters. The molecule has 29 heavy (non-hydrogen) atoms. The number of carbonyl (C=O) groups is 1. The number of carbonyl (C=O) groups excluding carboxylic acids is 1. The zero-order valence-electron chi connectivity index (χ0n) is 17.8. The zero-order valence-corrected chi connectivity index (χ0v) is 18.6. The van der Waals surface area contributed by atoms with Crippen LogP contribution in [0.4, 0.5) is 11.4 Å². The molecule has 4 nitrogen and oxygen atoms in total. The summed E-state index contributed by atoms with van der Waals surface area (Å²) in [4.78, 5) is 18.9. The number of methoxy groups -OCH3 is 1. The predicted molar refractivity (Wildman–Crippen MR) is 122 cm³/mol. The molecular formula is C24H27ClN2O2. The van der Waals surface area contributed by atoms with Crippen molar-refractivity contribution < 1.29 is 9.53 Å². The zero-order chi connectivity index (χ0) is 21.3. The lowest BCUT2D eigenvalue weighted by Gasteiger charge is -2.43. The number of ether oxygens (including phenoxy) is 1. The summed E-state index contributed by atoms with van der Waals surface area (Å²) in [6.07, 6.45) is 4.05. The minimum absolute atomic E-state index is 0.0593. The number of hydrogen-bond donors (Lipinski definition) is 0. The van der Waals surface area contributed by atoms with Gasteiger partial charge in [-0.15, -0.1) is 0 Å². The van der Waals surface area contributed by atoms with E-state index in [1.54, 1.807) is 18.3 Å². The van der Waals surface area contributed by atoms with E-state index in [0.717, 1.165) is 28.9 Å². The van der Waals surface area contributed by atoms with Crippen LogP contribution in [0.5, 0.6) is 0 Å². The average molecular weight is 411 g/mol. The highest BCUT2D eigenvalue weighted by atomic mass is 35.5. The number of nitrogens with zero attached hydrogens (tertiary/aromatic N) is 2. The summed E-state index contributed by atoms with van der Waals surface area (Å²) in [6, 6.07) is 9.52. The molecule has 1 heterocycles. The highest BCUT2D eigenvalue weighted by Gasteiger charge is 2.30. The van der Waals surface area contributed by atoms with Crippen molar-refractivity contribution in [3.63, 3.8) is 0 Å². The first-order valence-corrected chi connectivity index (χ1v) is 10.1. The number of aliphatic imine (C=N–C) groups is 1. The molecule has 0 aliphatic carbocycles. The second-order valence-corrected chi connectivity index (χ2v) is 8.22. The van der Waals surface area contributed by atoms with Crippen LogP contribution >= 0.6 is 11.6 Å². The minimum Gasteiger partial charge on any atom is -0.465 e. The van der Waals surface area contributed by atoms with Crippen molar-refractivity contribution in [3.8, 4) is 0 Å². The molecule has 0 fully saturated rings. The highest BCUT2D eigenvalue weighted by Crippen LogP contribution is 2.41. The Balaban J connectivity index is 2.03. The summed E-state index contributed by atoms with van der Waals surface area (Å²) in [5.74, 6) is -0.366. The van der Waals surface area contributed by atoms with Crippen molar-refractivity contribution in [1.29, 1.82) is 0 Å². The summed E-state index contributed by atoms with van der Waals surface area (Å²) in [5, 5.41) is 0.651. The van der Waals surface area contributed by atoms with Crippen molar-refractivity contribution in [2.45, 2.75) is 40.2 Å². The largest absolute Gasteiger partial charge is 0.465 e. The standard InChI is InChI=1S/C24H27ClN2O2/c1-7-27-22-12-20(25)17(11-19(22)15(2)13-24(27,4)5)14-26-21-10-8-9-18(16(21)3)23(28)29-6/h8-14H,7H2,1-6H3. The predicted octanol–water partition coefficient (Wildman–Crippen LogP) is 6.21. The first-order chi connectivity index (χ1) is 13.7. The summed E-state index contributed by atoms with van der Waals surface area (Å²) < 4.78 is 4.84. The third-order valence-electron chi connectivity index (χ3n) is 5.47. The third kappa shape index (κ3) is 3.95. The molecule has 0 bridgehead atoms. The molecule has 0 aromatic heterocycles. The Morgan fingerprint density at radius 3 is 2.66 bits per heavy atom. The Morgan fingerprint density at radius 2 is 2.00 bits per heavy atom. The number of rotatable bonds is 4. The van der Waals surface area contributed by atoms with Crippen molar-refractivity contribution in [1.82, 2.24) is 0 Å². The summed E-state index contributed by atoms with van der Waals surface area (Å²) in [6.45, 7) is 11.5. The molecule has 0 saturated heterocycles. The molecule has 1 aliphatic rings. The van der Waals surface area contributed by atoms with Gasteiger partial charge in [-0.2, -0.15) is 0 Å². The molecule has 152 valence electrons. The highest BCUT2D eigenvalue weighted by molar-refractivity contribution is 6.33. The number of anilines is 1. The van der Waals surface area contributed by atoms with Crippen molar-refractivity contribution in [2.24, 2.45) is 4.99 Å². The molecule has 2 aromatic rings. The number of benzene rings is 2. The van der Waals surface area contributed by atoms with Gasteiger partial charge >= 0.3 is 5.97 Å². The van der Waals surface area contributed by atoms with E-state index in [1.165, 1.54) is 12.7 Å².